The van der Waals surface area contributed by atoms with Gasteiger partial charge in [0, 0.05) is 12.7 Å². The van der Waals surface area contributed by atoms with Crippen molar-refractivity contribution in [3.05, 3.63) is 11.4 Å². The van der Waals surface area contributed by atoms with Crippen molar-refractivity contribution >= 4 is 5.97 Å². The van der Waals surface area contributed by atoms with Crippen LogP contribution in [0.5, 0.6) is 0 Å². The quantitative estimate of drug-likeness (QED) is 0.894. The Bertz CT molecular complexity index is 644. The summed E-state index contributed by atoms with van der Waals surface area (Å²) in [5.41, 5.74) is 2.60. The zero-order chi connectivity index (χ0) is 15.0. The van der Waals surface area contributed by atoms with E-state index in [9.17, 15) is 4.79 Å². The van der Waals surface area contributed by atoms with Crippen LogP contribution in [-0.2, 0) is 11.8 Å². The van der Waals surface area contributed by atoms with E-state index in [1.807, 2.05) is 20.9 Å². The van der Waals surface area contributed by atoms with E-state index in [1.165, 1.54) is 0 Å². The van der Waals surface area contributed by atoms with E-state index in [1.54, 1.807) is 23.2 Å². The maximum absolute atomic E-state index is 11.1. The summed E-state index contributed by atoms with van der Waals surface area (Å²) >= 11 is 0. The van der Waals surface area contributed by atoms with Crippen LogP contribution in [0.2, 0.25) is 0 Å². The summed E-state index contributed by atoms with van der Waals surface area (Å²) < 4.78 is 3.31. The minimum absolute atomic E-state index is 0.350. The van der Waals surface area contributed by atoms with Crippen molar-refractivity contribution in [1.29, 1.82) is 0 Å². The minimum Gasteiger partial charge on any atom is -0.481 e. The zero-order valence-electron chi connectivity index (χ0n) is 12.2. The van der Waals surface area contributed by atoms with Crippen molar-refractivity contribution < 1.29 is 9.90 Å². The molecular weight excluding hydrogens is 260 g/mol. The van der Waals surface area contributed by atoms with Gasteiger partial charge in [-0.1, -0.05) is 0 Å². The van der Waals surface area contributed by atoms with Crippen LogP contribution in [0.4, 0.5) is 0 Å². The van der Waals surface area contributed by atoms with Gasteiger partial charge >= 0.3 is 5.97 Å². The van der Waals surface area contributed by atoms with Gasteiger partial charge in [0.25, 0.3) is 0 Å². The summed E-state index contributed by atoms with van der Waals surface area (Å²) in [6.45, 7) is 7.24. The molecule has 0 radical (unpaired) electrons. The fourth-order valence-corrected chi connectivity index (χ4v) is 2.15. The van der Waals surface area contributed by atoms with Crippen LogP contribution < -0.4 is 0 Å². The van der Waals surface area contributed by atoms with Crippen molar-refractivity contribution in [2.75, 3.05) is 0 Å². The van der Waals surface area contributed by atoms with Crippen LogP contribution in [0.3, 0.4) is 0 Å². The first kappa shape index (κ1) is 14.2. The van der Waals surface area contributed by atoms with Gasteiger partial charge in [-0.3, -0.25) is 9.48 Å². The highest BCUT2D eigenvalue weighted by atomic mass is 16.4. The predicted molar refractivity (Wildman–Crippen MR) is 71.0 cm³/mol. The standard InChI is InChI=1S/C12H18N6O2/c1-6(12(19)20)8(3)18-11(13-15-16-18)10-7(2)14-17(5)9(10)4/h6,8H,1-5H3,(H,19,20). The van der Waals surface area contributed by atoms with Gasteiger partial charge in [0.2, 0.25) is 0 Å². The topological polar surface area (TPSA) is 98.7 Å². The molecule has 20 heavy (non-hydrogen) atoms. The molecular formula is C12H18N6O2. The maximum Gasteiger partial charge on any atom is 0.308 e. The average Bonchev–Trinajstić information content (AvgIpc) is 2.93. The average molecular weight is 278 g/mol. The Morgan fingerprint density at radius 3 is 2.45 bits per heavy atom. The number of carbonyl (C=O) groups is 1. The summed E-state index contributed by atoms with van der Waals surface area (Å²) in [6, 6.07) is -0.350. The van der Waals surface area contributed by atoms with Crippen molar-refractivity contribution in [3.63, 3.8) is 0 Å². The zero-order valence-corrected chi connectivity index (χ0v) is 12.2. The highest BCUT2D eigenvalue weighted by molar-refractivity contribution is 5.70. The first-order valence-electron chi connectivity index (χ1n) is 6.35. The highest BCUT2D eigenvalue weighted by Gasteiger charge is 2.27. The third-order valence-electron chi connectivity index (χ3n) is 3.72. The van der Waals surface area contributed by atoms with Gasteiger partial charge < -0.3 is 5.11 Å². The normalized spacial score (nSPS) is 14.2. The van der Waals surface area contributed by atoms with E-state index >= 15 is 0 Å². The van der Waals surface area contributed by atoms with Crippen LogP contribution in [0.1, 0.15) is 31.3 Å². The number of aryl methyl sites for hydroxylation is 2. The van der Waals surface area contributed by atoms with E-state index in [4.69, 9.17) is 5.11 Å². The molecule has 0 saturated heterocycles. The van der Waals surface area contributed by atoms with E-state index in [0.29, 0.717) is 5.82 Å². The second kappa shape index (κ2) is 5.03. The Kier molecular flexibility index (Phi) is 3.56. The molecule has 0 saturated carbocycles. The molecule has 2 rings (SSSR count). The highest BCUT2D eigenvalue weighted by Crippen LogP contribution is 2.28. The Morgan fingerprint density at radius 2 is 1.95 bits per heavy atom. The smallest absolute Gasteiger partial charge is 0.308 e. The molecule has 2 aromatic rings. The molecule has 2 unspecified atom stereocenters. The molecule has 0 aliphatic carbocycles. The van der Waals surface area contributed by atoms with Gasteiger partial charge in [-0.15, -0.1) is 5.10 Å². The molecule has 0 aliphatic heterocycles. The van der Waals surface area contributed by atoms with Gasteiger partial charge in [0.05, 0.1) is 23.2 Å². The van der Waals surface area contributed by atoms with Crippen LogP contribution in [0.25, 0.3) is 11.4 Å². The lowest BCUT2D eigenvalue weighted by Gasteiger charge is -2.17. The molecule has 0 bridgehead atoms. The van der Waals surface area contributed by atoms with Crippen LogP contribution in [0, 0.1) is 19.8 Å². The molecule has 8 heteroatoms. The monoisotopic (exact) mass is 278 g/mol. The number of nitrogens with zero attached hydrogens (tertiary/aromatic N) is 6. The fourth-order valence-electron chi connectivity index (χ4n) is 2.15. The van der Waals surface area contributed by atoms with Crippen LogP contribution >= 0.6 is 0 Å². The summed E-state index contributed by atoms with van der Waals surface area (Å²) in [5.74, 6) is -0.915. The number of tetrazole rings is 1. The largest absolute Gasteiger partial charge is 0.481 e. The number of rotatable bonds is 4. The fraction of sp³-hybridized carbons (Fsp3) is 0.583. The van der Waals surface area contributed by atoms with Crippen molar-refractivity contribution in [3.8, 4) is 11.4 Å². The number of hydrogen-bond donors (Lipinski definition) is 1. The van der Waals surface area contributed by atoms with E-state index < -0.39 is 11.9 Å². The molecule has 8 nitrogen and oxygen atoms in total. The second-order valence-corrected chi connectivity index (χ2v) is 4.98. The van der Waals surface area contributed by atoms with Crippen molar-refractivity contribution in [2.45, 2.75) is 33.7 Å². The molecule has 0 spiro atoms. The lowest BCUT2D eigenvalue weighted by Crippen LogP contribution is -2.23. The summed E-state index contributed by atoms with van der Waals surface area (Å²) in [4.78, 5) is 11.1. The molecule has 2 heterocycles. The van der Waals surface area contributed by atoms with Gasteiger partial charge in [0.1, 0.15) is 0 Å². The van der Waals surface area contributed by atoms with Crippen molar-refractivity contribution in [1.82, 2.24) is 30.0 Å². The van der Waals surface area contributed by atoms with Crippen LogP contribution in [0.15, 0.2) is 0 Å². The third kappa shape index (κ3) is 2.17. The van der Waals surface area contributed by atoms with Crippen molar-refractivity contribution in [2.24, 2.45) is 13.0 Å². The summed E-state index contributed by atoms with van der Waals surface area (Å²) in [5, 5.41) is 25.1. The van der Waals surface area contributed by atoms with Gasteiger partial charge in [-0.05, 0) is 38.1 Å². The Labute approximate surface area is 116 Å². The molecule has 0 aromatic carbocycles. The molecule has 2 atom stereocenters. The second-order valence-electron chi connectivity index (χ2n) is 4.98. The lowest BCUT2D eigenvalue weighted by molar-refractivity contribution is -0.142. The van der Waals surface area contributed by atoms with E-state index in [2.05, 4.69) is 20.6 Å². The number of carboxylic acid groups (broad SMARTS) is 1. The lowest BCUT2D eigenvalue weighted by atomic mass is 10.0. The number of carboxylic acids is 1. The van der Waals surface area contributed by atoms with Crippen LogP contribution in [-0.4, -0.2) is 41.1 Å². The summed E-state index contributed by atoms with van der Waals surface area (Å²) in [6.07, 6.45) is 0. The number of aliphatic carboxylic acids is 1. The predicted octanol–water partition coefficient (Wildman–Crippen LogP) is 0.972. The SMILES string of the molecule is Cc1nn(C)c(C)c1-c1nnnn1C(C)C(C)C(=O)O. The number of aromatic nitrogens is 6. The molecule has 1 N–H and O–H groups in total. The third-order valence-corrected chi connectivity index (χ3v) is 3.72. The first-order valence-corrected chi connectivity index (χ1v) is 6.35. The Hall–Kier alpha value is -2.25. The van der Waals surface area contributed by atoms with Gasteiger partial charge in [-0.25, -0.2) is 4.68 Å². The minimum atomic E-state index is -0.876. The summed E-state index contributed by atoms with van der Waals surface area (Å²) in [7, 11) is 1.85. The van der Waals surface area contributed by atoms with Gasteiger partial charge in [-0.2, -0.15) is 5.10 Å². The molecule has 0 amide bonds. The molecule has 108 valence electrons. The van der Waals surface area contributed by atoms with E-state index in [0.717, 1.165) is 17.0 Å². The first-order chi connectivity index (χ1) is 9.34. The Balaban J connectivity index is 2.51. The Morgan fingerprint density at radius 1 is 1.30 bits per heavy atom. The number of hydrogen-bond acceptors (Lipinski definition) is 5. The molecule has 0 aliphatic rings. The van der Waals surface area contributed by atoms with E-state index in [-0.39, 0.29) is 6.04 Å². The van der Waals surface area contributed by atoms with Gasteiger partial charge in [0.15, 0.2) is 5.82 Å². The molecule has 2 aromatic heterocycles. The maximum atomic E-state index is 11.1. The molecule has 0 fully saturated rings.